The highest BCUT2D eigenvalue weighted by atomic mass is 19.1. The lowest BCUT2D eigenvalue weighted by molar-refractivity contribution is 0.466. The topological polar surface area (TPSA) is 49.0 Å². The van der Waals surface area contributed by atoms with Crippen LogP contribution in [0, 0.1) is 17.1 Å². The Bertz CT molecular complexity index is 611. The normalized spacial score (nSPS) is 10.7. The van der Waals surface area contributed by atoms with Crippen LogP contribution in [0.15, 0.2) is 34.9 Å². The first-order valence-electron chi connectivity index (χ1n) is 6.11. The highest BCUT2D eigenvalue weighted by Gasteiger charge is 2.11. The van der Waals surface area contributed by atoms with Crippen LogP contribution < -0.4 is 5.32 Å². The molecule has 0 aliphatic rings. The molecule has 0 unspecified atom stereocenters. The summed E-state index contributed by atoms with van der Waals surface area (Å²) in [4.78, 5) is 0. The smallest absolute Gasteiger partial charge is 0.125 e. The third-order valence-electron chi connectivity index (χ3n) is 2.75. The van der Waals surface area contributed by atoms with Crippen LogP contribution in [-0.4, -0.2) is 6.04 Å². The van der Waals surface area contributed by atoms with Gasteiger partial charge in [0.05, 0.1) is 24.4 Å². The number of rotatable bonds is 4. The van der Waals surface area contributed by atoms with Gasteiger partial charge in [0.2, 0.25) is 0 Å². The number of nitrogens with zero attached hydrogens (tertiary/aromatic N) is 1. The first-order valence-corrected chi connectivity index (χ1v) is 6.11. The quantitative estimate of drug-likeness (QED) is 0.913. The number of halogens is 1. The molecule has 4 heteroatoms. The molecule has 0 atom stereocenters. The fraction of sp³-hybridized carbons (Fsp3) is 0.267. The molecule has 1 aromatic carbocycles. The van der Waals surface area contributed by atoms with Gasteiger partial charge in [0, 0.05) is 11.6 Å². The second-order valence-corrected chi connectivity index (χ2v) is 4.63. The molecule has 0 bridgehead atoms. The molecule has 0 spiro atoms. The minimum atomic E-state index is -0.419. The predicted octanol–water partition coefficient (Wildman–Crippen LogP) is 3.46. The van der Waals surface area contributed by atoms with E-state index in [9.17, 15) is 4.39 Å². The molecule has 1 aromatic heterocycles. The molecule has 3 nitrogen and oxygen atoms in total. The fourth-order valence-electron chi connectivity index (χ4n) is 1.84. The van der Waals surface area contributed by atoms with Gasteiger partial charge in [0.25, 0.3) is 0 Å². The van der Waals surface area contributed by atoms with Gasteiger partial charge >= 0.3 is 0 Å². The lowest BCUT2D eigenvalue weighted by Gasteiger charge is -2.08. The number of hydrogen-bond donors (Lipinski definition) is 1. The van der Waals surface area contributed by atoms with Crippen molar-refractivity contribution in [2.75, 3.05) is 0 Å². The van der Waals surface area contributed by atoms with Crippen molar-refractivity contribution < 1.29 is 8.81 Å². The third kappa shape index (κ3) is 3.21. The van der Waals surface area contributed by atoms with E-state index in [1.54, 1.807) is 18.4 Å². The molecule has 98 valence electrons. The summed E-state index contributed by atoms with van der Waals surface area (Å²) in [6.45, 7) is 4.65. The van der Waals surface area contributed by atoms with Gasteiger partial charge in [0.15, 0.2) is 0 Å². The SMILES string of the molecule is CC(C)NCc1occc1-c1cc(F)cc(C#N)c1. The number of nitriles is 1. The maximum absolute atomic E-state index is 13.5. The maximum Gasteiger partial charge on any atom is 0.125 e. The molecule has 0 saturated heterocycles. The minimum Gasteiger partial charge on any atom is -0.467 e. The van der Waals surface area contributed by atoms with E-state index in [1.165, 1.54) is 12.1 Å². The van der Waals surface area contributed by atoms with Gasteiger partial charge in [-0.15, -0.1) is 0 Å². The van der Waals surface area contributed by atoms with Gasteiger partial charge in [-0.2, -0.15) is 5.26 Å². The van der Waals surface area contributed by atoms with Crippen LogP contribution in [0.2, 0.25) is 0 Å². The van der Waals surface area contributed by atoms with Crippen LogP contribution in [0.1, 0.15) is 25.2 Å². The van der Waals surface area contributed by atoms with Crippen molar-refractivity contribution in [2.24, 2.45) is 0 Å². The Balaban J connectivity index is 2.34. The molecule has 0 amide bonds. The van der Waals surface area contributed by atoms with E-state index < -0.39 is 5.82 Å². The van der Waals surface area contributed by atoms with Crippen molar-refractivity contribution in [3.05, 3.63) is 47.7 Å². The van der Waals surface area contributed by atoms with Crippen LogP contribution in [-0.2, 0) is 6.54 Å². The van der Waals surface area contributed by atoms with Crippen LogP contribution in [0.25, 0.3) is 11.1 Å². The first-order chi connectivity index (χ1) is 9.10. The largest absolute Gasteiger partial charge is 0.467 e. The number of benzene rings is 1. The molecule has 19 heavy (non-hydrogen) atoms. The minimum absolute atomic E-state index is 0.305. The van der Waals surface area contributed by atoms with Crippen molar-refractivity contribution in [1.82, 2.24) is 5.32 Å². The number of hydrogen-bond acceptors (Lipinski definition) is 3. The van der Waals surface area contributed by atoms with Gasteiger partial charge in [-0.3, -0.25) is 0 Å². The molecule has 0 aliphatic heterocycles. The lowest BCUT2D eigenvalue weighted by Crippen LogP contribution is -2.21. The summed E-state index contributed by atoms with van der Waals surface area (Å²) < 4.78 is 18.9. The van der Waals surface area contributed by atoms with E-state index >= 15 is 0 Å². The molecule has 2 rings (SSSR count). The second-order valence-electron chi connectivity index (χ2n) is 4.63. The predicted molar refractivity (Wildman–Crippen MR) is 70.8 cm³/mol. The van der Waals surface area contributed by atoms with Gasteiger partial charge in [-0.25, -0.2) is 4.39 Å². The summed E-state index contributed by atoms with van der Waals surface area (Å²) in [6.07, 6.45) is 1.57. The van der Waals surface area contributed by atoms with Crippen molar-refractivity contribution >= 4 is 0 Å². The fourth-order valence-corrected chi connectivity index (χ4v) is 1.84. The Morgan fingerprint density at radius 2 is 2.16 bits per heavy atom. The molecule has 0 aliphatic carbocycles. The highest BCUT2D eigenvalue weighted by Crippen LogP contribution is 2.26. The summed E-state index contributed by atoms with van der Waals surface area (Å²) in [7, 11) is 0. The average Bonchev–Trinajstić information content (AvgIpc) is 2.83. The Hall–Kier alpha value is -2.12. The summed E-state index contributed by atoms with van der Waals surface area (Å²) >= 11 is 0. The van der Waals surface area contributed by atoms with Crippen molar-refractivity contribution in [2.45, 2.75) is 26.4 Å². The first kappa shape index (κ1) is 13.3. The zero-order valence-electron chi connectivity index (χ0n) is 10.9. The molecule has 1 N–H and O–H groups in total. The Labute approximate surface area is 111 Å². The monoisotopic (exact) mass is 258 g/mol. The molecule has 0 radical (unpaired) electrons. The molecule has 1 heterocycles. The molecule has 0 fully saturated rings. The van der Waals surface area contributed by atoms with Crippen molar-refractivity contribution in [3.8, 4) is 17.2 Å². The Kier molecular flexibility index (Phi) is 3.98. The summed E-state index contributed by atoms with van der Waals surface area (Å²) in [6, 6.07) is 8.36. The Morgan fingerprint density at radius 3 is 2.84 bits per heavy atom. The van der Waals surface area contributed by atoms with Gasteiger partial charge in [0.1, 0.15) is 11.6 Å². The van der Waals surface area contributed by atoms with E-state index in [1.807, 2.05) is 19.9 Å². The van der Waals surface area contributed by atoms with Crippen LogP contribution in [0.3, 0.4) is 0 Å². The number of nitrogens with one attached hydrogen (secondary N) is 1. The second kappa shape index (κ2) is 5.68. The van der Waals surface area contributed by atoms with Gasteiger partial charge < -0.3 is 9.73 Å². The lowest BCUT2D eigenvalue weighted by atomic mass is 10.0. The van der Waals surface area contributed by atoms with Gasteiger partial charge in [-0.05, 0) is 29.8 Å². The van der Waals surface area contributed by atoms with Crippen molar-refractivity contribution in [3.63, 3.8) is 0 Å². The molecule has 2 aromatic rings. The molecular weight excluding hydrogens is 243 g/mol. The van der Waals surface area contributed by atoms with E-state index in [2.05, 4.69) is 5.32 Å². The van der Waals surface area contributed by atoms with E-state index in [0.29, 0.717) is 23.7 Å². The summed E-state index contributed by atoms with van der Waals surface area (Å²) in [5, 5.41) is 12.1. The number of furan rings is 1. The molecule has 0 saturated carbocycles. The van der Waals surface area contributed by atoms with E-state index in [0.717, 1.165) is 11.3 Å². The summed E-state index contributed by atoms with van der Waals surface area (Å²) in [5.41, 5.74) is 1.77. The Morgan fingerprint density at radius 1 is 1.37 bits per heavy atom. The van der Waals surface area contributed by atoms with Crippen molar-refractivity contribution in [1.29, 1.82) is 5.26 Å². The molecular formula is C15H15FN2O. The van der Waals surface area contributed by atoms with Gasteiger partial charge in [-0.1, -0.05) is 13.8 Å². The van der Waals surface area contributed by atoms with Crippen LogP contribution >= 0.6 is 0 Å². The third-order valence-corrected chi connectivity index (χ3v) is 2.75. The van der Waals surface area contributed by atoms with Crippen LogP contribution in [0.4, 0.5) is 4.39 Å². The maximum atomic E-state index is 13.5. The highest BCUT2D eigenvalue weighted by molar-refractivity contribution is 5.67. The zero-order valence-corrected chi connectivity index (χ0v) is 10.9. The zero-order chi connectivity index (χ0) is 13.8. The van der Waals surface area contributed by atoms with Crippen LogP contribution in [0.5, 0.6) is 0 Å². The van der Waals surface area contributed by atoms with E-state index in [-0.39, 0.29) is 0 Å². The van der Waals surface area contributed by atoms with E-state index in [4.69, 9.17) is 9.68 Å². The standard InChI is InChI=1S/C15H15FN2O/c1-10(2)18-9-15-14(3-4-19-15)12-5-11(8-17)6-13(16)7-12/h3-7,10,18H,9H2,1-2H3. The summed E-state index contributed by atoms with van der Waals surface area (Å²) in [5.74, 6) is 0.321. The average molecular weight is 258 g/mol.